The van der Waals surface area contributed by atoms with Gasteiger partial charge >= 0.3 is 0 Å². The third kappa shape index (κ3) is 5.32. The number of hydrogen-bond acceptors (Lipinski definition) is 3. The third-order valence-electron chi connectivity index (χ3n) is 7.00. The lowest BCUT2D eigenvalue weighted by Gasteiger charge is -2.24. The first kappa shape index (κ1) is 25.1. The predicted molar refractivity (Wildman–Crippen MR) is 147 cm³/mol. The van der Waals surface area contributed by atoms with Crippen LogP contribution >= 0.6 is 12.4 Å². The van der Waals surface area contributed by atoms with Crippen molar-refractivity contribution < 1.29 is 9.47 Å². The number of para-hydroxylation sites is 1. The fourth-order valence-corrected chi connectivity index (χ4v) is 4.97. The zero-order valence-corrected chi connectivity index (χ0v) is 21.6. The molecular weight excluding hydrogens is 454 g/mol. The Bertz CT molecular complexity index is 1250. The summed E-state index contributed by atoms with van der Waals surface area (Å²) < 4.78 is 11.5. The van der Waals surface area contributed by atoms with Crippen LogP contribution in [0.25, 0.3) is 10.8 Å². The van der Waals surface area contributed by atoms with Gasteiger partial charge in [-0.3, -0.25) is 4.90 Å². The summed E-state index contributed by atoms with van der Waals surface area (Å²) in [6.45, 7) is 7.60. The van der Waals surface area contributed by atoms with E-state index >= 15 is 0 Å². The van der Waals surface area contributed by atoms with Crippen LogP contribution in [0.5, 0.6) is 11.5 Å². The lowest BCUT2D eigenvalue weighted by Crippen LogP contribution is -2.16. The van der Waals surface area contributed by atoms with E-state index in [2.05, 4.69) is 84.6 Å². The Kier molecular flexibility index (Phi) is 8.00. The largest absolute Gasteiger partial charge is 0.497 e. The Balaban J connectivity index is 0.000000421. The zero-order valence-electron chi connectivity index (χ0n) is 20.7. The van der Waals surface area contributed by atoms with Crippen LogP contribution in [-0.4, -0.2) is 37.7 Å². The number of hydrogen-bond donors (Lipinski definition) is 0. The number of halogens is 1. The van der Waals surface area contributed by atoms with Crippen LogP contribution in [0.3, 0.4) is 0 Å². The monoisotopic (exact) mass is 487 g/mol. The van der Waals surface area contributed by atoms with Crippen molar-refractivity contribution in [3.8, 4) is 11.5 Å². The molecular formula is C31H34ClNO2. The van der Waals surface area contributed by atoms with Crippen molar-refractivity contribution in [3.63, 3.8) is 0 Å². The lowest BCUT2D eigenvalue weighted by atomic mass is 9.82. The van der Waals surface area contributed by atoms with Gasteiger partial charge in [-0.2, -0.15) is 0 Å². The topological polar surface area (TPSA) is 21.5 Å². The Morgan fingerprint density at radius 2 is 1.57 bits per heavy atom. The maximum atomic E-state index is 6.12. The lowest BCUT2D eigenvalue weighted by molar-refractivity contribution is 0.334. The molecule has 2 aliphatic rings. The van der Waals surface area contributed by atoms with E-state index in [0.717, 1.165) is 23.1 Å². The number of benzene rings is 4. The molecule has 3 atom stereocenters. The molecule has 0 aromatic heterocycles. The second-order valence-electron chi connectivity index (χ2n) is 9.14. The van der Waals surface area contributed by atoms with Crippen molar-refractivity contribution in [1.82, 2.24) is 4.90 Å². The molecule has 182 valence electrons. The summed E-state index contributed by atoms with van der Waals surface area (Å²) in [5, 5.41) is 2.51. The van der Waals surface area contributed by atoms with Crippen LogP contribution in [0, 0.1) is 6.92 Å². The van der Waals surface area contributed by atoms with E-state index in [4.69, 9.17) is 9.47 Å². The SMILES string of the molecule is C1CN2CC12.CCOc1c(C)cccc1C(c1ccc(OC)cc1)c1cccc2ccccc12.Cl. The van der Waals surface area contributed by atoms with Crippen LogP contribution in [0.2, 0.25) is 0 Å². The quantitative estimate of drug-likeness (QED) is 0.211. The molecule has 4 heteroatoms. The third-order valence-corrected chi connectivity index (χ3v) is 7.00. The van der Waals surface area contributed by atoms with E-state index < -0.39 is 0 Å². The molecule has 2 fully saturated rings. The number of nitrogens with zero attached hydrogens (tertiary/aromatic N) is 1. The van der Waals surface area contributed by atoms with Crippen LogP contribution in [0.1, 0.15) is 41.5 Å². The van der Waals surface area contributed by atoms with Gasteiger partial charge in [0.2, 0.25) is 0 Å². The molecule has 0 radical (unpaired) electrons. The molecule has 0 bridgehead atoms. The maximum Gasteiger partial charge on any atom is 0.126 e. The average molecular weight is 488 g/mol. The fourth-order valence-electron chi connectivity index (χ4n) is 4.97. The molecule has 0 spiro atoms. The Morgan fingerprint density at radius 3 is 2.20 bits per heavy atom. The van der Waals surface area contributed by atoms with Gasteiger partial charge in [0.15, 0.2) is 0 Å². The van der Waals surface area contributed by atoms with Crippen LogP contribution in [0.15, 0.2) is 84.9 Å². The first-order valence-corrected chi connectivity index (χ1v) is 12.3. The summed E-state index contributed by atoms with van der Waals surface area (Å²) in [6.07, 6.45) is 1.49. The van der Waals surface area contributed by atoms with E-state index in [1.807, 2.05) is 19.1 Å². The molecule has 0 saturated carbocycles. The molecule has 2 saturated heterocycles. The van der Waals surface area contributed by atoms with E-state index in [9.17, 15) is 0 Å². The van der Waals surface area contributed by atoms with Gasteiger partial charge in [-0.15, -0.1) is 12.4 Å². The highest BCUT2D eigenvalue weighted by Crippen LogP contribution is 2.41. The van der Waals surface area contributed by atoms with Crippen molar-refractivity contribution in [1.29, 1.82) is 0 Å². The summed E-state index contributed by atoms with van der Waals surface area (Å²) in [7, 11) is 1.70. The van der Waals surface area contributed by atoms with Gasteiger partial charge in [0.05, 0.1) is 13.7 Å². The van der Waals surface area contributed by atoms with Crippen molar-refractivity contribution in [3.05, 3.63) is 107 Å². The first-order valence-electron chi connectivity index (χ1n) is 12.3. The minimum atomic E-state index is 0. The van der Waals surface area contributed by atoms with Gasteiger partial charge in [-0.25, -0.2) is 0 Å². The fraction of sp³-hybridized carbons (Fsp3) is 0.290. The summed E-state index contributed by atoms with van der Waals surface area (Å²) >= 11 is 0. The Morgan fingerprint density at radius 1 is 0.886 bits per heavy atom. The van der Waals surface area contributed by atoms with Crippen LogP contribution in [0.4, 0.5) is 0 Å². The number of ether oxygens (including phenoxy) is 2. The van der Waals surface area contributed by atoms with Gasteiger partial charge in [0, 0.05) is 30.6 Å². The average Bonchev–Trinajstić information content (AvgIpc) is 3.47. The number of aryl methyl sites for hydroxylation is 1. The molecule has 4 aromatic carbocycles. The van der Waals surface area contributed by atoms with Crippen molar-refractivity contribution in [2.45, 2.75) is 32.2 Å². The molecule has 2 aliphatic heterocycles. The zero-order chi connectivity index (χ0) is 23.5. The Hall–Kier alpha value is -3.01. The van der Waals surface area contributed by atoms with E-state index in [1.54, 1.807) is 7.11 Å². The van der Waals surface area contributed by atoms with Crippen LogP contribution in [-0.2, 0) is 0 Å². The minimum absolute atomic E-state index is 0. The van der Waals surface area contributed by atoms with Crippen molar-refractivity contribution in [2.75, 3.05) is 26.8 Å². The standard InChI is InChI=1S/C27H26O2.C4H7N.ClH/c1-4-29-27-19(2)9-7-14-25(27)26(21-15-17-22(28-3)18-16-21)24-13-8-11-20-10-5-6-12-23(20)24;1-2-5-3-4(1)5;/h5-18,26H,4H2,1-3H3;4H,1-3H2;1H. The van der Waals surface area contributed by atoms with Gasteiger partial charge in [0.1, 0.15) is 11.5 Å². The van der Waals surface area contributed by atoms with E-state index in [-0.39, 0.29) is 18.3 Å². The molecule has 0 amide bonds. The molecule has 6 rings (SSSR count). The van der Waals surface area contributed by atoms with Gasteiger partial charge in [-0.1, -0.05) is 72.8 Å². The predicted octanol–water partition coefficient (Wildman–Crippen LogP) is 7.23. The summed E-state index contributed by atoms with van der Waals surface area (Å²) in [6, 6.07) is 31.0. The second-order valence-corrected chi connectivity index (χ2v) is 9.14. The molecule has 2 heterocycles. The van der Waals surface area contributed by atoms with Gasteiger partial charge in [0.25, 0.3) is 0 Å². The smallest absolute Gasteiger partial charge is 0.126 e. The molecule has 0 N–H and O–H groups in total. The molecule has 3 unspecified atom stereocenters. The highest BCUT2D eigenvalue weighted by molar-refractivity contribution is 5.87. The molecule has 4 aromatic rings. The van der Waals surface area contributed by atoms with E-state index in [1.165, 1.54) is 47.0 Å². The Labute approximate surface area is 215 Å². The van der Waals surface area contributed by atoms with Gasteiger partial charge < -0.3 is 9.47 Å². The first-order chi connectivity index (χ1) is 16.7. The molecule has 35 heavy (non-hydrogen) atoms. The van der Waals surface area contributed by atoms with Crippen molar-refractivity contribution >= 4 is 23.2 Å². The second kappa shape index (κ2) is 11.2. The number of methoxy groups -OCH3 is 1. The van der Waals surface area contributed by atoms with E-state index in [0.29, 0.717) is 6.61 Å². The summed E-state index contributed by atoms with van der Waals surface area (Å²) in [5.41, 5.74) is 4.84. The minimum Gasteiger partial charge on any atom is -0.497 e. The van der Waals surface area contributed by atoms with Gasteiger partial charge in [-0.05, 0) is 59.9 Å². The molecule has 3 nitrogen and oxygen atoms in total. The summed E-state index contributed by atoms with van der Waals surface area (Å²) in [4.78, 5) is 2.47. The highest BCUT2D eigenvalue weighted by atomic mass is 35.5. The van der Waals surface area contributed by atoms with Crippen LogP contribution < -0.4 is 9.47 Å². The highest BCUT2D eigenvalue weighted by Gasteiger charge is 2.41. The summed E-state index contributed by atoms with van der Waals surface area (Å²) in [5.74, 6) is 1.90. The molecule has 0 aliphatic carbocycles. The van der Waals surface area contributed by atoms with Crippen molar-refractivity contribution in [2.24, 2.45) is 0 Å². The maximum absolute atomic E-state index is 6.12. The normalized spacial score (nSPS) is 18.1. The number of fused-ring (bicyclic) bond motifs is 2. The number of rotatable bonds is 6.